The van der Waals surface area contributed by atoms with Crippen molar-refractivity contribution >= 4 is 71.6 Å². The Morgan fingerprint density at radius 2 is 0.614 bits per heavy atom. The van der Waals surface area contributed by atoms with Crippen molar-refractivity contribution in [1.29, 1.82) is 0 Å². The molecule has 70 heavy (non-hydrogen) atoms. The molecule has 0 atom stereocenters. The Morgan fingerprint density at radius 3 is 1.06 bits per heavy atom. The lowest BCUT2D eigenvalue weighted by molar-refractivity contribution is 0.426. The van der Waals surface area contributed by atoms with Gasteiger partial charge in [-0.2, -0.15) is 0 Å². The quantitative estimate of drug-likeness (QED) is 0.136. The average molecular weight is 962 g/mol. The number of hydrogen-bond acceptors (Lipinski definition) is 2. The van der Waals surface area contributed by atoms with E-state index in [0.29, 0.717) is 5.46 Å². The molecule has 2 nitrogen and oxygen atoms in total. The van der Waals surface area contributed by atoms with E-state index in [1.54, 1.807) is 0 Å². The van der Waals surface area contributed by atoms with Crippen molar-refractivity contribution in [3.8, 4) is 55.6 Å². The summed E-state index contributed by atoms with van der Waals surface area (Å²) in [5.74, 6) is 0. The van der Waals surface area contributed by atoms with E-state index >= 15 is 0 Å². The van der Waals surface area contributed by atoms with Gasteiger partial charge in [0.2, 0.25) is 0 Å². The van der Waals surface area contributed by atoms with Crippen molar-refractivity contribution < 1.29 is 10.0 Å². The summed E-state index contributed by atoms with van der Waals surface area (Å²) >= 11 is 3.52. The molecule has 332 valence electrons. The third-order valence-corrected chi connectivity index (χ3v) is 14.6. The second kappa shape index (κ2) is 18.6. The Labute approximate surface area is 417 Å². The first-order valence-electron chi connectivity index (χ1n) is 23.9. The lowest BCUT2D eigenvalue weighted by Gasteiger charge is -2.18. The Hall–Kier alpha value is -7.86. The second-order valence-corrected chi connectivity index (χ2v) is 19.1. The first-order chi connectivity index (χ1) is 34.5. The van der Waals surface area contributed by atoms with Gasteiger partial charge in [-0.3, -0.25) is 0 Å². The van der Waals surface area contributed by atoms with E-state index in [4.69, 9.17) is 0 Å². The standard InChI is InChI=1S/C33H22.C20H15BO2.C13H9Br/c1-2-10-22(11-3-1)32-27-14-6-8-16-29(27)33(30-17-9-7-15-28(30)32)25-19-18-24-20-23-12-4-5-13-26(23)31(24)21-25;22-21(23)20-17-12-6-4-10-15(17)19(14-8-2-1-3-9-14)16-11-5-7-13-18(16)20;14-11-6-5-10-7-9-3-1-2-4-12(9)13(10)8-11/h1-19,21H,20H2;1-13,22-23H;1-6,8H,7H2. The minimum absolute atomic E-state index is 0.566. The number of fused-ring (bicyclic) bond motifs is 10. The minimum atomic E-state index is -1.50. The average Bonchev–Trinajstić information content (AvgIpc) is 3.98. The number of rotatable bonds is 4. The zero-order valence-corrected chi connectivity index (χ0v) is 39.9. The van der Waals surface area contributed by atoms with Crippen molar-refractivity contribution in [3.63, 3.8) is 0 Å². The van der Waals surface area contributed by atoms with Gasteiger partial charge >= 0.3 is 7.12 Å². The molecule has 0 aromatic heterocycles. The molecule has 0 radical (unpaired) electrons. The molecule has 0 unspecified atom stereocenters. The fourth-order valence-corrected chi connectivity index (χ4v) is 11.4. The predicted molar refractivity (Wildman–Crippen MR) is 300 cm³/mol. The van der Waals surface area contributed by atoms with Crippen LogP contribution in [0.2, 0.25) is 0 Å². The van der Waals surface area contributed by atoms with Crippen LogP contribution in [0, 0.1) is 0 Å². The highest BCUT2D eigenvalue weighted by atomic mass is 79.9. The summed E-state index contributed by atoms with van der Waals surface area (Å²) in [4.78, 5) is 0. The van der Waals surface area contributed by atoms with Gasteiger partial charge in [-0.25, -0.2) is 0 Å². The number of hydrogen-bond donors (Lipinski definition) is 2. The topological polar surface area (TPSA) is 40.5 Å². The summed E-state index contributed by atoms with van der Waals surface area (Å²) in [5.41, 5.74) is 19.3. The van der Waals surface area contributed by atoms with Crippen molar-refractivity contribution in [2.45, 2.75) is 12.8 Å². The van der Waals surface area contributed by atoms with Crippen LogP contribution in [0.5, 0.6) is 0 Å². The van der Waals surface area contributed by atoms with Crippen LogP contribution in [0.25, 0.3) is 98.7 Å². The van der Waals surface area contributed by atoms with E-state index in [-0.39, 0.29) is 0 Å². The third-order valence-electron chi connectivity index (χ3n) is 14.1. The summed E-state index contributed by atoms with van der Waals surface area (Å²) < 4.78 is 1.16. The van der Waals surface area contributed by atoms with Crippen LogP contribution in [0.3, 0.4) is 0 Å². The summed E-state index contributed by atoms with van der Waals surface area (Å²) in [6.07, 6.45) is 2.11. The molecule has 4 heteroatoms. The van der Waals surface area contributed by atoms with E-state index < -0.39 is 7.12 Å². The molecule has 0 spiro atoms. The van der Waals surface area contributed by atoms with Gasteiger partial charge in [0.15, 0.2) is 0 Å². The third kappa shape index (κ3) is 7.81. The maximum atomic E-state index is 9.94. The minimum Gasteiger partial charge on any atom is -0.423 e. The van der Waals surface area contributed by atoms with Crippen molar-refractivity contribution in [3.05, 3.63) is 269 Å². The highest BCUT2D eigenvalue weighted by molar-refractivity contribution is 9.10. The van der Waals surface area contributed by atoms with Crippen LogP contribution < -0.4 is 5.46 Å². The Balaban J connectivity index is 0.000000118. The zero-order valence-electron chi connectivity index (χ0n) is 38.4. The second-order valence-electron chi connectivity index (χ2n) is 18.2. The highest BCUT2D eigenvalue weighted by Gasteiger charge is 2.24. The molecule has 2 aliphatic rings. The lowest BCUT2D eigenvalue weighted by Crippen LogP contribution is -2.31. The van der Waals surface area contributed by atoms with Gasteiger partial charge in [0.05, 0.1) is 0 Å². The van der Waals surface area contributed by atoms with Crippen LogP contribution in [0.4, 0.5) is 0 Å². The van der Waals surface area contributed by atoms with Crippen LogP contribution >= 0.6 is 15.9 Å². The Morgan fingerprint density at radius 1 is 0.286 bits per heavy atom. The molecular weight excluding hydrogens is 915 g/mol. The lowest BCUT2D eigenvalue weighted by atomic mass is 9.72. The van der Waals surface area contributed by atoms with Gasteiger partial charge in [0.25, 0.3) is 0 Å². The zero-order chi connectivity index (χ0) is 47.1. The monoisotopic (exact) mass is 960 g/mol. The van der Waals surface area contributed by atoms with Crippen molar-refractivity contribution in [2.75, 3.05) is 0 Å². The van der Waals surface area contributed by atoms with Gasteiger partial charge in [-0.05, 0) is 157 Å². The molecule has 0 saturated heterocycles. The Kier molecular flexibility index (Phi) is 11.5. The van der Waals surface area contributed by atoms with Crippen LogP contribution in [0.1, 0.15) is 22.3 Å². The molecule has 2 aliphatic carbocycles. The molecule has 2 N–H and O–H groups in total. The van der Waals surface area contributed by atoms with Crippen LogP contribution in [-0.2, 0) is 12.8 Å². The van der Waals surface area contributed by atoms with Crippen LogP contribution in [0.15, 0.2) is 247 Å². The van der Waals surface area contributed by atoms with E-state index in [2.05, 4.69) is 192 Å². The molecular formula is C66H46BBrO2. The fourth-order valence-electron chi connectivity index (χ4n) is 11.1. The van der Waals surface area contributed by atoms with Crippen molar-refractivity contribution in [2.24, 2.45) is 0 Å². The summed E-state index contributed by atoms with van der Waals surface area (Å²) in [5, 5.41) is 28.9. The summed E-state index contributed by atoms with van der Waals surface area (Å²) in [6, 6.07) is 85.6. The number of halogens is 1. The van der Waals surface area contributed by atoms with Gasteiger partial charge < -0.3 is 10.0 Å². The van der Waals surface area contributed by atoms with Crippen LogP contribution in [-0.4, -0.2) is 17.2 Å². The van der Waals surface area contributed by atoms with Crippen molar-refractivity contribution in [1.82, 2.24) is 0 Å². The largest absolute Gasteiger partial charge is 0.489 e. The number of benzene rings is 12. The SMILES string of the molecule is Brc1ccc2c(c1)-c1ccccc1C2.OB(O)c1c2ccccc2c(-c2ccccc2)c2ccccc12.c1ccc(-c2c3ccccc3c(-c3ccc4c(c3)-c3ccccc3C4)c3ccccc23)cc1. The maximum absolute atomic E-state index is 9.94. The molecule has 0 aliphatic heterocycles. The molecule has 0 bridgehead atoms. The molecule has 0 heterocycles. The van der Waals surface area contributed by atoms with E-state index in [0.717, 1.165) is 50.0 Å². The highest BCUT2D eigenvalue weighted by Crippen LogP contribution is 2.46. The predicted octanol–water partition coefficient (Wildman–Crippen LogP) is 16.3. The normalized spacial score (nSPS) is 11.8. The van der Waals surface area contributed by atoms with Gasteiger partial charge in [0.1, 0.15) is 0 Å². The molecule has 0 amide bonds. The van der Waals surface area contributed by atoms with E-state index in [1.165, 1.54) is 88.3 Å². The first-order valence-corrected chi connectivity index (χ1v) is 24.7. The first kappa shape index (κ1) is 43.4. The van der Waals surface area contributed by atoms with Gasteiger partial charge in [-0.15, -0.1) is 0 Å². The molecule has 0 fully saturated rings. The molecule has 12 aromatic carbocycles. The van der Waals surface area contributed by atoms with E-state index in [9.17, 15) is 10.0 Å². The molecule has 0 saturated carbocycles. The maximum Gasteiger partial charge on any atom is 0.489 e. The molecule has 12 aromatic rings. The summed E-state index contributed by atoms with van der Waals surface area (Å²) in [7, 11) is -1.50. The summed E-state index contributed by atoms with van der Waals surface area (Å²) in [6.45, 7) is 0. The van der Waals surface area contributed by atoms with Gasteiger partial charge in [-0.1, -0.05) is 240 Å². The van der Waals surface area contributed by atoms with Gasteiger partial charge in [0, 0.05) is 4.47 Å². The molecule has 14 rings (SSSR count). The Bertz CT molecular complexity index is 3820. The fraction of sp³-hybridized carbons (Fsp3) is 0.0303. The van der Waals surface area contributed by atoms with E-state index in [1.807, 2.05) is 66.7 Å². The smallest absolute Gasteiger partial charge is 0.423 e.